The highest BCUT2D eigenvalue weighted by Gasteiger charge is 2.19. The van der Waals surface area contributed by atoms with E-state index in [1.165, 1.54) is 295 Å². The third-order valence-electron chi connectivity index (χ3n) is 16.0. The molecule has 0 radical (unpaired) electrons. The maximum absolute atomic E-state index is 12.9. The van der Waals surface area contributed by atoms with Gasteiger partial charge in [-0.15, -0.1) is 0 Å². The summed E-state index contributed by atoms with van der Waals surface area (Å²) in [4.78, 5) is 38.2. The van der Waals surface area contributed by atoms with E-state index >= 15 is 0 Å². The molecule has 0 saturated carbocycles. The second-order valence-corrected chi connectivity index (χ2v) is 23.8. The van der Waals surface area contributed by atoms with Crippen molar-refractivity contribution in [2.24, 2.45) is 0 Å². The highest BCUT2D eigenvalue weighted by Crippen LogP contribution is 2.19. The van der Waals surface area contributed by atoms with Gasteiger partial charge < -0.3 is 14.2 Å². The predicted octanol–water partition coefficient (Wildman–Crippen LogP) is 23.6. The van der Waals surface area contributed by atoms with E-state index in [1.807, 2.05) is 0 Å². The summed E-state index contributed by atoms with van der Waals surface area (Å²) in [6.45, 7) is 6.69. The molecule has 6 nitrogen and oxygen atoms in total. The van der Waals surface area contributed by atoms with Gasteiger partial charge in [-0.05, 0) is 44.9 Å². The van der Waals surface area contributed by atoms with Crippen molar-refractivity contribution in [3.8, 4) is 0 Å². The molecule has 0 heterocycles. The molecule has 0 fully saturated rings. The van der Waals surface area contributed by atoms with Gasteiger partial charge in [0, 0.05) is 19.3 Å². The molecular formula is C70H134O6. The van der Waals surface area contributed by atoms with E-state index in [9.17, 15) is 14.4 Å². The lowest BCUT2D eigenvalue weighted by Gasteiger charge is -2.18. The topological polar surface area (TPSA) is 78.9 Å². The normalized spacial score (nSPS) is 12.0. The molecule has 76 heavy (non-hydrogen) atoms. The van der Waals surface area contributed by atoms with Crippen molar-refractivity contribution in [1.29, 1.82) is 0 Å². The minimum absolute atomic E-state index is 0.0673. The summed E-state index contributed by atoms with van der Waals surface area (Å²) in [5.41, 5.74) is 0. The van der Waals surface area contributed by atoms with Gasteiger partial charge in [-0.1, -0.05) is 348 Å². The van der Waals surface area contributed by atoms with Gasteiger partial charge in [0.15, 0.2) is 6.10 Å². The first-order valence-corrected chi connectivity index (χ1v) is 34.7. The van der Waals surface area contributed by atoms with Crippen LogP contribution in [0.4, 0.5) is 0 Å². The first-order valence-electron chi connectivity index (χ1n) is 34.7. The molecule has 0 bridgehead atoms. The highest BCUT2D eigenvalue weighted by atomic mass is 16.6. The van der Waals surface area contributed by atoms with Crippen molar-refractivity contribution in [3.63, 3.8) is 0 Å². The lowest BCUT2D eigenvalue weighted by atomic mass is 10.0. The van der Waals surface area contributed by atoms with Gasteiger partial charge in [0.05, 0.1) is 0 Å². The molecule has 0 aromatic carbocycles. The molecule has 0 aromatic heterocycles. The van der Waals surface area contributed by atoms with Crippen LogP contribution < -0.4 is 0 Å². The quantitative estimate of drug-likeness (QED) is 0.0261. The summed E-state index contributed by atoms with van der Waals surface area (Å²) in [6.07, 6.45) is 78.4. The summed E-state index contributed by atoms with van der Waals surface area (Å²) >= 11 is 0. The van der Waals surface area contributed by atoms with Crippen molar-refractivity contribution >= 4 is 17.9 Å². The van der Waals surface area contributed by atoms with Gasteiger partial charge in [-0.3, -0.25) is 14.4 Å². The first-order chi connectivity index (χ1) is 37.5. The fourth-order valence-corrected chi connectivity index (χ4v) is 10.8. The second kappa shape index (κ2) is 65.7. The molecule has 0 aliphatic carbocycles. The molecule has 0 spiro atoms. The summed E-state index contributed by atoms with van der Waals surface area (Å²) < 4.78 is 16.9. The number of unbranched alkanes of at least 4 members (excludes halogenated alkanes) is 52. The van der Waals surface area contributed by atoms with Crippen molar-refractivity contribution < 1.29 is 28.6 Å². The van der Waals surface area contributed by atoms with E-state index in [4.69, 9.17) is 14.2 Å². The lowest BCUT2D eigenvalue weighted by Crippen LogP contribution is -2.30. The van der Waals surface area contributed by atoms with E-state index in [2.05, 4.69) is 32.9 Å². The molecule has 1 unspecified atom stereocenters. The Kier molecular flexibility index (Phi) is 64.1. The number of ether oxygens (including phenoxy) is 3. The number of carbonyl (C=O) groups excluding carboxylic acids is 3. The predicted molar refractivity (Wildman–Crippen MR) is 330 cm³/mol. The van der Waals surface area contributed by atoms with Crippen LogP contribution in [-0.4, -0.2) is 37.2 Å². The molecular weight excluding hydrogens is 937 g/mol. The standard InChI is InChI=1S/C70H134O6/c1-4-7-10-13-16-19-22-24-26-27-28-29-30-31-32-33-34-35-36-37-38-39-40-41-42-43-44-46-48-51-54-57-60-63-69(72)75-66-67(65-74-68(71)62-59-56-53-50-47-21-18-15-12-9-6-3)76-70(73)64-61-58-55-52-49-45-25-23-20-17-14-11-8-5-2/h23,25,67H,4-22,24,26-66H2,1-3H3/b25-23-. The van der Waals surface area contributed by atoms with E-state index in [-0.39, 0.29) is 31.1 Å². The fraction of sp³-hybridized carbons (Fsp3) is 0.929. The van der Waals surface area contributed by atoms with Crippen LogP contribution in [0.15, 0.2) is 12.2 Å². The Labute approximate surface area is 475 Å². The maximum atomic E-state index is 12.9. The average molecular weight is 1070 g/mol. The molecule has 0 aliphatic heterocycles. The number of hydrogen-bond acceptors (Lipinski definition) is 6. The Bertz CT molecular complexity index is 1180. The van der Waals surface area contributed by atoms with Gasteiger partial charge in [0.25, 0.3) is 0 Å². The number of rotatable bonds is 65. The third-order valence-corrected chi connectivity index (χ3v) is 16.0. The van der Waals surface area contributed by atoms with Crippen LogP contribution in [0, 0.1) is 0 Å². The number of hydrogen-bond donors (Lipinski definition) is 0. The Morgan fingerprint density at radius 3 is 0.658 bits per heavy atom. The van der Waals surface area contributed by atoms with Gasteiger partial charge in [-0.25, -0.2) is 0 Å². The molecule has 0 amide bonds. The van der Waals surface area contributed by atoms with Crippen molar-refractivity contribution in [3.05, 3.63) is 12.2 Å². The maximum Gasteiger partial charge on any atom is 0.306 e. The minimum atomic E-state index is -0.769. The summed E-state index contributed by atoms with van der Waals surface area (Å²) in [5.74, 6) is -0.849. The first kappa shape index (κ1) is 74.2. The third kappa shape index (κ3) is 63.0. The van der Waals surface area contributed by atoms with Crippen LogP contribution in [0.1, 0.15) is 400 Å². The molecule has 0 saturated heterocycles. The van der Waals surface area contributed by atoms with Crippen molar-refractivity contribution in [2.75, 3.05) is 13.2 Å². The second-order valence-electron chi connectivity index (χ2n) is 23.8. The molecule has 0 rings (SSSR count). The molecule has 450 valence electrons. The Morgan fingerprint density at radius 1 is 0.250 bits per heavy atom. The monoisotopic (exact) mass is 1070 g/mol. The van der Waals surface area contributed by atoms with Gasteiger partial charge in [0.2, 0.25) is 0 Å². The number of allylic oxidation sites excluding steroid dienone is 2. The Hall–Kier alpha value is -1.85. The minimum Gasteiger partial charge on any atom is -0.462 e. The molecule has 1 atom stereocenters. The summed E-state index contributed by atoms with van der Waals surface area (Å²) in [5, 5.41) is 0. The fourth-order valence-electron chi connectivity index (χ4n) is 10.8. The molecule has 6 heteroatoms. The smallest absolute Gasteiger partial charge is 0.306 e. The van der Waals surface area contributed by atoms with Gasteiger partial charge in [0.1, 0.15) is 13.2 Å². The summed E-state index contributed by atoms with van der Waals surface area (Å²) in [6, 6.07) is 0. The van der Waals surface area contributed by atoms with E-state index in [1.54, 1.807) is 0 Å². The summed E-state index contributed by atoms with van der Waals surface area (Å²) in [7, 11) is 0. The number of carbonyl (C=O) groups is 3. The van der Waals surface area contributed by atoms with Crippen LogP contribution in [0.2, 0.25) is 0 Å². The lowest BCUT2D eigenvalue weighted by molar-refractivity contribution is -0.167. The highest BCUT2D eigenvalue weighted by molar-refractivity contribution is 5.71. The molecule has 0 aliphatic rings. The largest absolute Gasteiger partial charge is 0.462 e. The SMILES string of the molecule is CCCCCCC/C=C\CCCCCCCC(=O)OC(COC(=O)CCCCCCCCCCCCC)COC(=O)CCCCCCCCCCCCCCCCCCCCCCCCCCCCCCCCCCC. The number of esters is 3. The van der Waals surface area contributed by atoms with E-state index < -0.39 is 6.10 Å². The zero-order valence-electron chi connectivity index (χ0n) is 51.8. The zero-order chi connectivity index (χ0) is 55.0. The van der Waals surface area contributed by atoms with Crippen LogP contribution >= 0.6 is 0 Å². The van der Waals surface area contributed by atoms with Crippen LogP contribution in [0.3, 0.4) is 0 Å². The van der Waals surface area contributed by atoms with Crippen molar-refractivity contribution in [1.82, 2.24) is 0 Å². The van der Waals surface area contributed by atoms with Crippen molar-refractivity contribution in [2.45, 2.75) is 406 Å². The van der Waals surface area contributed by atoms with E-state index in [0.29, 0.717) is 19.3 Å². The van der Waals surface area contributed by atoms with E-state index in [0.717, 1.165) is 64.2 Å². The Balaban J connectivity index is 4.00. The molecule has 0 aromatic rings. The van der Waals surface area contributed by atoms with Crippen LogP contribution in [-0.2, 0) is 28.6 Å². The van der Waals surface area contributed by atoms with Crippen LogP contribution in [0.25, 0.3) is 0 Å². The zero-order valence-corrected chi connectivity index (χ0v) is 51.8. The average Bonchev–Trinajstić information content (AvgIpc) is 3.42. The van der Waals surface area contributed by atoms with Gasteiger partial charge in [-0.2, -0.15) is 0 Å². The Morgan fingerprint density at radius 2 is 0.434 bits per heavy atom. The van der Waals surface area contributed by atoms with Gasteiger partial charge >= 0.3 is 17.9 Å². The van der Waals surface area contributed by atoms with Crippen LogP contribution in [0.5, 0.6) is 0 Å². The molecule has 0 N–H and O–H groups in total.